The molecule has 1 N–H and O–H groups in total. The molecule has 28 heavy (non-hydrogen) atoms. The van der Waals surface area contributed by atoms with Gasteiger partial charge in [0.25, 0.3) is 11.6 Å². The molecule has 6 heteroatoms. The third kappa shape index (κ3) is 5.55. The van der Waals surface area contributed by atoms with E-state index in [1.807, 2.05) is 0 Å². The number of carbonyl (C=O) groups is 1. The number of hydrogen-bond donors (Lipinski definition) is 1. The van der Waals surface area contributed by atoms with E-state index in [1.165, 1.54) is 61.2 Å². The molecule has 0 aromatic heterocycles. The SMILES string of the molecule is O=C(NCCCc1ccc(N2CCCCCC2)cc1)c1ccc([N+](=O)[O-])cc1. The summed E-state index contributed by atoms with van der Waals surface area (Å²) < 4.78 is 0. The number of aryl methyl sites for hydroxylation is 1. The minimum absolute atomic E-state index is 0.0137. The Hall–Kier alpha value is -2.89. The maximum absolute atomic E-state index is 12.1. The molecule has 6 nitrogen and oxygen atoms in total. The number of nitro groups is 1. The van der Waals surface area contributed by atoms with Gasteiger partial charge in [-0.05, 0) is 55.5 Å². The van der Waals surface area contributed by atoms with Crippen LogP contribution in [0.2, 0.25) is 0 Å². The van der Waals surface area contributed by atoms with Crippen LogP contribution >= 0.6 is 0 Å². The number of non-ortho nitro benzene ring substituents is 1. The predicted molar refractivity (Wildman–Crippen MR) is 111 cm³/mol. The molecule has 1 saturated heterocycles. The number of nitrogens with one attached hydrogen (secondary N) is 1. The van der Waals surface area contributed by atoms with Crippen LogP contribution in [0.3, 0.4) is 0 Å². The van der Waals surface area contributed by atoms with Gasteiger partial charge in [0.05, 0.1) is 4.92 Å². The zero-order chi connectivity index (χ0) is 19.8. The zero-order valence-corrected chi connectivity index (χ0v) is 16.1. The summed E-state index contributed by atoms with van der Waals surface area (Å²) in [5.41, 5.74) is 2.99. The Morgan fingerprint density at radius 3 is 2.21 bits per heavy atom. The summed E-state index contributed by atoms with van der Waals surface area (Å²) in [7, 11) is 0. The largest absolute Gasteiger partial charge is 0.372 e. The van der Waals surface area contributed by atoms with Gasteiger partial charge in [0.1, 0.15) is 0 Å². The Labute approximate surface area is 165 Å². The monoisotopic (exact) mass is 381 g/mol. The molecule has 1 aliphatic rings. The second-order valence-corrected chi connectivity index (χ2v) is 7.23. The van der Waals surface area contributed by atoms with E-state index in [-0.39, 0.29) is 11.6 Å². The molecule has 0 unspecified atom stereocenters. The van der Waals surface area contributed by atoms with E-state index in [0.717, 1.165) is 25.9 Å². The summed E-state index contributed by atoms with van der Waals surface area (Å²) >= 11 is 0. The van der Waals surface area contributed by atoms with Gasteiger partial charge >= 0.3 is 0 Å². The fraction of sp³-hybridized carbons (Fsp3) is 0.409. The van der Waals surface area contributed by atoms with Crippen molar-refractivity contribution in [2.75, 3.05) is 24.5 Å². The first-order chi connectivity index (χ1) is 13.6. The van der Waals surface area contributed by atoms with Crippen LogP contribution in [0.15, 0.2) is 48.5 Å². The third-order valence-corrected chi connectivity index (χ3v) is 5.18. The van der Waals surface area contributed by atoms with Crippen LogP contribution < -0.4 is 10.2 Å². The zero-order valence-electron chi connectivity index (χ0n) is 16.1. The smallest absolute Gasteiger partial charge is 0.269 e. The van der Waals surface area contributed by atoms with E-state index < -0.39 is 4.92 Å². The molecule has 2 aromatic rings. The Morgan fingerprint density at radius 2 is 1.61 bits per heavy atom. The summed E-state index contributed by atoms with van der Waals surface area (Å²) in [6.07, 6.45) is 6.97. The van der Waals surface area contributed by atoms with Crippen LogP contribution in [0.25, 0.3) is 0 Å². The van der Waals surface area contributed by atoms with Crippen molar-refractivity contribution in [3.63, 3.8) is 0 Å². The lowest BCUT2D eigenvalue weighted by atomic mass is 10.1. The van der Waals surface area contributed by atoms with Crippen molar-refractivity contribution in [1.29, 1.82) is 0 Å². The Morgan fingerprint density at radius 1 is 0.964 bits per heavy atom. The van der Waals surface area contributed by atoms with Gasteiger partial charge in [0.15, 0.2) is 0 Å². The standard InChI is InChI=1S/C22H27N3O3/c26-22(19-9-13-21(14-10-19)25(27)28)23-15-5-6-18-7-11-20(12-8-18)24-16-3-1-2-4-17-24/h7-14H,1-6,15-17H2,(H,23,26). The topological polar surface area (TPSA) is 75.5 Å². The van der Waals surface area contributed by atoms with Crippen molar-refractivity contribution >= 4 is 17.3 Å². The molecule has 148 valence electrons. The van der Waals surface area contributed by atoms with Crippen LogP contribution in [0.4, 0.5) is 11.4 Å². The first-order valence-corrected chi connectivity index (χ1v) is 10.00. The lowest BCUT2D eigenvalue weighted by molar-refractivity contribution is -0.384. The van der Waals surface area contributed by atoms with E-state index in [9.17, 15) is 14.9 Å². The predicted octanol–water partition coefficient (Wildman–Crippen LogP) is 4.34. The number of nitrogens with zero attached hydrogens (tertiary/aromatic N) is 2. The normalized spacial score (nSPS) is 14.4. The molecule has 0 saturated carbocycles. The van der Waals surface area contributed by atoms with Gasteiger partial charge < -0.3 is 10.2 Å². The van der Waals surface area contributed by atoms with Gasteiger partial charge in [-0.3, -0.25) is 14.9 Å². The fourth-order valence-electron chi connectivity index (χ4n) is 3.53. The quantitative estimate of drug-likeness (QED) is 0.440. The Balaban J connectivity index is 1.42. The first-order valence-electron chi connectivity index (χ1n) is 10.00. The number of amides is 1. The number of benzene rings is 2. The minimum Gasteiger partial charge on any atom is -0.372 e. The molecular weight excluding hydrogens is 354 g/mol. The van der Waals surface area contributed by atoms with Crippen LogP contribution in [0.5, 0.6) is 0 Å². The summed E-state index contributed by atoms with van der Waals surface area (Å²) in [4.78, 5) is 24.8. The van der Waals surface area contributed by atoms with Crippen molar-refractivity contribution in [2.45, 2.75) is 38.5 Å². The van der Waals surface area contributed by atoms with Crippen molar-refractivity contribution < 1.29 is 9.72 Å². The number of nitro benzene ring substituents is 1. The minimum atomic E-state index is -0.472. The maximum atomic E-state index is 12.1. The van der Waals surface area contributed by atoms with Crippen LogP contribution in [-0.2, 0) is 6.42 Å². The molecule has 3 rings (SSSR count). The highest BCUT2D eigenvalue weighted by Gasteiger charge is 2.10. The number of anilines is 1. The highest BCUT2D eigenvalue weighted by Crippen LogP contribution is 2.20. The fourth-order valence-corrected chi connectivity index (χ4v) is 3.53. The van der Waals surface area contributed by atoms with Gasteiger partial charge in [-0.15, -0.1) is 0 Å². The lowest BCUT2D eigenvalue weighted by Crippen LogP contribution is -2.24. The molecular formula is C22H27N3O3. The van der Waals surface area contributed by atoms with Gasteiger partial charge in [-0.25, -0.2) is 0 Å². The number of rotatable bonds is 7. The highest BCUT2D eigenvalue weighted by atomic mass is 16.6. The van der Waals surface area contributed by atoms with Crippen molar-refractivity contribution in [3.8, 4) is 0 Å². The van der Waals surface area contributed by atoms with E-state index in [2.05, 4.69) is 34.5 Å². The molecule has 1 heterocycles. The van der Waals surface area contributed by atoms with E-state index >= 15 is 0 Å². The summed E-state index contributed by atoms with van der Waals surface area (Å²) in [6.45, 7) is 2.87. The van der Waals surface area contributed by atoms with E-state index in [1.54, 1.807) is 0 Å². The van der Waals surface area contributed by atoms with Crippen LogP contribution in [0.1, 0.15) is 48.0 Å². The molecule has 2 aromatic carbocycles. The second-order valence-electron chi connectivity index (χ2n) is 7.23. The van der Waals surface area contributed by atoms with Crippen molar-refractivity contribution in [2.24, 2.45) is 0 Å². The summed E-state index contributed by atoms with van der Waals surface area (Å²) in [5.74, 6) is -0.202. The second kappa shape index (κ2) is 9.88. The van der Waals surface area contributed by atoms with Crippen LogP contribution in [0, 0.1) is 10.1 Å². The molecule has 0 radical (unpaired) electrons. The average Bonchev–Trinajstić information content (AvgIpc) is 3.01. The van der Waals surface area contributed by atoms with Gasteiger partial charge in [-0.2, -0.15) is 0 Å². The Bertz CT molecular complexity index is 780. The van der Waals surface area contributed by atoms with E-state index in [0.29, 0.717) is 12.1 Å². The van der Waals surface area contributed by atoms with Crippen molar-refractivity contribution in [3.05, 3.63) is 69.8 Å². The Kier molecular flexibility index (Phi) is 7.00. The molecule has 0 aliphatic carbocycles. The highest BCUT2D eigenvalue weighted by molar-refractivity contribution is 5.94. The van der Waals surface area contributed by atoms with Crippen molar-refractivity contribution in [1.82, 2.24) is 5.32 Å². The molecule has 0 atom stereocenters. The molecule has 1 amide bonds. The molecule has 1 aliphatic heterocycles. The van der Waals surface area contributed by atoms with Gasteiger partial charge in [0.2, 0.25) is 0 Å². The first kappa shape index (κ1) is 19.9. The number of hydrogen-bond acceptors (Lipinski definition) is 4. The maximum Gasteiger partial charge on any atom is 0.269 e. The molecule has 0 bridgehead atoms. The molecule has 1 fully saturated rings. The van der Waals surface area contributed by atoms with Crippen LogP contribution in [-0.4, -0.2) is 30.5 Å². The van der Waals surface area contributed by atoms with Gasteiger partial charge in [0, 0.05) is 43.0 Å². The van der Waals surface area contributed by atoms with E-state index in [4.69, 9.17) is 0 Å². The summed E-state index contributed by atoms with van der Waals surface area (Å²) in [5, 5.41) is 13.5. The average molecular weight is 381 g/mol. The molecule has 0 spiro atoms. The summed E-state index contributed by atoms with van der Waals surface area (Å²) in [6, 6.07) is 14.4. The third-order valence-electron chi connectivity index (χ3n) is 5.18. The number of carbonyl (C=O) groups excluding carboxylic acids is 1. The van der Waals surface area contributed by atoms with Gasteiger partial charge in [-0.1, -0.05) is 25.0 Å². The lowest BCUT2D eigenvalue weighted by Gasteiger charge is -2.22.